The number of rotatable bonds is 5. The van der Waals surface area contributed by atoms with Crippen LogP contribution in [-0.2, 0) is 13.0 Å². The molecule has 0 bridgehead atoms. The fourth-order valence-electron chi connectivity index (χ4n) is 3.18. The van der Waals surface area contributed by atoms with Crippen molar-refractivity contribution >= 4 is 11.7 Å². The first kappa shape index (κ1) is 17.3. The van der Waals surface area contributed by atoms with Crippen molar-refractivity contribution in [1.82, 2.24) is 20.1 Å². The Labute approximate surface area is 147 Å². The highest BCUT2D eigenvalue weighted by Gasteiger charge is 2.22. The van der Waals surface area contributed by atoms with E-state index >= 15 is 0 Å². The van der Waals surface area contributed by atoms with Crippen molar-refractivity contribution in [1.29, 1.82) is 0 Å². The summed E-state index contributed by atoms with van der Waals surface area (Å²) in [5.41, 5.74) is 0.637. The van der Waals surface area contributed by atoms with Crippen LogP contribution in [0.4, 0.5) is 10.5 Å². The fraction of sp³-hybridized carbons (Fsp3) is 0.500. The van der Waals surface area contributed by atoms with Crippen LogP contribution in [-0.4, -0.2) is 27.9 Å². The molecule has 2 N–H and O–H groups in total. The van der Waals surface area contributed by atoms with Gasteiger partial charge >= 0.3 is 6.03 Å². The lowest BCUT2D eigenvalue weighted by Crippen LogP contribution is -2.34. The van der Waals surface area contributed by atoms with Gasteiger partial charge < -0.3 is 19.9 Å². The normalized spacial score (nSPS) is 15.0. The third kappa shape index (κ3) is 3.92. The number of fused-ring (bicyclic) bond motifs is 1. The van der Waals surface area contributed by atoms with Crippen LogP contribution in [0, 0.1) is 0 Å². The molecule has 0 unspecified atom stereocenters. The summed E-state index contributed by atoms with van der Waals surface area (Å²) in [6, 6.07) is 6.89. The van der Waals surface area contributed by atoms with Gasteiger partial charge in [0, 0.05) is 13.0 Å². The number of carbonyl (C=O) groups is 1. The molecule has 2 amide bonds. The number of carbonyl (C=O) groups excluding carboxylic acids is 1. The molecule has 0 aliphatic carbocycles. The third-order valence-corrected chi connectivity index (χ3v) is 4.52. The van der Waals surface area contributed by atoms with E-state index in [9.17, 15) is 4.79 Å². The van der Waals surface area contributed by atoms with E-state index in [-0.39, 0.29) is 12.1 Å². The van der Waals surface area contributed by atoms with Crippen molar-refractivity contribution in [2.45, 2.75) is 51.6 Å². The molecule has 7 nitrogen and oxygen atoms in total. The predicted molar refractivity (Wildman–Crippen MR) is 95.8 cm³/mol. The van der Waals surface area contributed by atoms with E-state index in [1.54, 1.807) is 7.11 Å². The Morgan fingerprint density at radius 1 is 1.28 bits per heavy atom. The zero-order valence-corrected chi connectivity index (χ0v) is 14.8. The SMILES string of the molecule is CC[C@@H](NC(=O)Nc1ccccc1OC)c1nnc2n1CCCCC2. The van der Waals surface area contributed by atoms with Crippen LogP contribution < -0.4 is 15.4 Å². The number of hydrogen-bond acceptors (Lipinski definition) is 4. The first-order chi connectivity index (χ1) is 12.2. The molecule has 1 aliphatic rings. The standard InChI is InChI=1S/C18H25N5O2/c1-3-13(17-22-21-16-11-5-4-8-12-23(16)17)19-18(24)20-14-9-6-7-10-15(14)25-2/h6-7,9-10,13H,3-5,8,11-12H2,1-2H3,(H2,19,20,24)/t13-/m1/s1. The molecule has 0 radical (unpaired) electrons. The van der Waals surface area contributed by atoms with E-state index in [0.29, 0.717) is 11.4 Å². The van der Waals surface area contributed by atoms with Crippen LogP contribution in [0.1, 0.15) is 50.3 Å². The number of anilines is 1. The van der Waals surface area contributed by atoms with Crippen molar-refractivity contribution in [3.8, 4) is 5.75 Å². The van der Waals surface area contributed by atoms with Gasteiger partial charge in [-0.3, -0.25) is 0 Å². The number of nitrogens with one attached hydrogen (secondary N) is 2. The predicted octanol–water partition coefficient (Wildman–Crippen LogP) is 3.29. The highest BCUT2D eigenvalue weighted by molar-refractivity contribution is 5.91. The summed E-state index contributed by atoms with van der Waals surface area (Å²) in [6.07, 6.45) is 5.19. The van der Waals surface area contributed by atoms with Crippen LogP contribution in [0.2, 0.25) is 0 Å². The van der Waals surface area contributed by atoms with E-state index in [1.165, 1.54) is 6.42 Å². The molecule has 1 atom stereocenters. The molecule has 1 aliphatic heterocycles. The Morgan fingerprint density at radius 2 is 2.12 bits per heavy atom. The minimum atomic E-state index is -0.276. The second kappa shape index (κ2) is 8.00. The van der Waals surface area contributed by atoms with Crippen LogP contribution in [0.3, 0.4) is 0 Å². The molecule has 0 fully saturated rings. The smallest absolute Gasteiger partial charge is 0.319 e. The number of benzene rings is 1. The van der Waals surface area contributed by atoms with Gasteiger partial charge in [0.2, 0.25) is 0 Å². The highest BCUT2D eigenvalue weighted by atomic mass is 16.5. The first-order valence-electron chi connectivity index (χ1n) is 8.85. The van der Waals surface area contributed by atoms with Crippen molar-refractivity contribution < 1.29 is 9.53 Å². The lowest BCUT2D eigenvalue weighted by atomic mass is 10.2. The molecule has 134 valence electrons. The Balaban J connectivity index is 1.72. The summed E-state index contributed by atoms with van der Waals surface area (Å²) in [5.74, 6) is 2.49. The summed E-state index contributed by atoms with van der Waals surface area (Å²) >= 11 is 0. The molecule has 3 rings (SSSR count). The van der Waals surface area contributed by atoms with Gasteiger partial charge in [-0.2, -0.15) is 0 Å². The van der Waals surface area contributed by atoms with E-state index < -0.39 is 0 Å². The van der Waals surface area contributed by atoms with Crippen LogP contribution in [0.5, 0.6) is 5.75 Å². The van der Waals surface area contributed by atoms with Gasteiger partial charge in [0.15, 0.2) is 5.82 Å². The molecular formula is C18H25N5O2. The zero-order chi connectivity index (χ0) is 17.6. The Bertz CT molecular complexity index is 728. The zero-order valence-electron chi connectivity index (χ0n) is 14.8. The number of hydrogen-bond donors (Lipinski definition) is 2. The fourth-order valence-corrected chi connectivity index (χ4v) is 3.18. The summed E-state index contributed by atoms with van der Waals surface area (Å²) in [4.78, 5) is 12.4. The Morgan fingerprint density at radius 3 is 2.92 bits per heavy atom. The van der Waals surface area contributed by atoms with Crippen LogP contribution in [0.25, 0.3) is 0 Å². The lowest BCUT2D eigenvalue weighted by molar-refractivity contribution is 0.247. The minimum Gasteiger partial charge on any atom is -0.495 e. The maximum Gasteiger partial charge on any atom is 0.319 e. The molecule has 0 spiro atoms. The van der Waals surface area contributed by atoms with Crippen molar-refractivity contribution in [3.63, 3.8) is 0 Å². The maximum absolute atomic E-state index is 12.4. The Kier molecular flexibility index (Phi) is 5.53. The van der Waals surface area contributed by atoms with E-state index in [4.69, 9.17) is 4.74 Å². The van der Waals surface area contributed by atoms with Gasteiger partial charge in [-0.15, -0.1) is 10.2 Å². The second-order valence-corrected chi connectivity index (χ2v) is 6.20. The van der Waals surface area contributed by atoms with Crippen LogP contribution >= 0.6 is 0 Å². The number of para-hydroxylation sites is 2. The maximum atomic E-state index is 12.4. The number of urea groups is 1. The molecule has 2 aromatic rings. The summed E-state index contributed by atoms with van der Waals surface area (Å²) in [5, 5.41) is 14.5. The average molecular weight is 343 g/mol. The van der Waals surface area contributed by atoms with Crippen molar-refractivity contribution in [2.24, 2.45) is 0 Å². The Hall–Kier alpha value is -2.57. The van der Waals surface area contributed by atoms with E-state index in [0.717, 1.165) is 43.9 Å². The van der Waals surface area contributed by atoms with E-state index in [1.807, 2.05) is 31.2 Å². The number of ether oxygens (including phenoxy) is 1. The monoisotopic (exact) mass is 343 g/mol. The number of methoxy groups -OCH3 is 1. The lowest BCUT2D eigenvalue weighted by Gasteiger charge is -2.19. The van der Waals surface area contributed by atoms with Crippen LogP contribution in [0.15, 0.2) is 24.3 Å². The second-order valence-electron chi connectivity index (χ2n) is 6.20. The average Bonchev–Trinajstić information content (AvgIpc) is 2.88. The van der Waals surface area contributed by atoms with Crippen molar-refractivity contribution in [3.05, 3.63) is 35.9 Å². The van der Waals surface area contributed by atoms with Crippen molar-refractivity contribution in [2.75, 3.05) is 12.4 Å². The van der Waals surface area contributed by atoms with Gasteiger partial charge in [0.05, 0.1) is 18.8 Å². The summed E-state index contributed by atoms with van der Waals surface area (Å²) < 4.78 is 7.44. The largest absolute Gasteiger partial charge is 0.495 e. The summed E-state index contributed by atoms with van der Waals surface area (Å²) in [7, 11) is 1.58. The quantitative estimate of drug-likeness (QED) is 0.873. The highest BCUT2D eigenvalue weighted by Crippen LogP contribution is 2.24. The number of nitrogens with zero attached hydrogens (tertiary/aromatic N) is 3. The molecular weight excluding hydrogens is 318 g/mol. The van der Waals surface area contributed by atoms with Gasteiger partial charge in [-0.05, 0) is 31.4 Å². The summed E-state index contributed by atoms with van der Waals surface area (Å²) in [6.45, 7) is 2.95. The number of aromatic nitrogens is 3. The molecule has 7 heteroatoms. The molecule has 2 heterocycles. The molecule has 0 saturated heterocycles. The molecule has 0 saturated carbocycles. The van der Waals surface area contributed by atoms with Gasteiger partial charge in [0.25, 0.3) is 0 Å². The van der Waals surface area contributed by atoms with Gasteiger partial charge in [-0.25, -0.2) is 4.79 Å². The number of aryl methyl sites for hydroxylation is 1. The third-order valence-electron chi connectivity index (χ3n) is 4.52. The number of amides is 2. The topological polar surface area (TPSA) is 81.1 Å². The molecule has 25 heavy (non-hydrogen) atoms. The molecule has 1 aromatic heterocycles. The van der Waals surface area contributed by atoms with Gasteiger partial charge in [0.1, 0.15) is 11.6 Å². The van der Waals surface area contributed by atoms with E-state index in [2.05, 4.69) is 25.4 Å². The molecule has 1 aromatic carbocycles. The first-order valence-corrected chi connectivity index (χ1v) is 8.85. The minimum absolute atomic E-state index is 0.172. The van der Waals surface area contributed by atoms with Gasteiger partial charge in [-0.1, -0.05) is 25.5 Å².